The van der Waals surface area contributed by atoms with Gasteiger partial charge in [-0.2, -0.15) is 0 Å². The molecule has 0 saturated heterocycles. The maximum Gasteiger partial charge on any atom is 0.271 e. The van der Waals surface area contributed by atoms with E-state index in [-0.39, 0.29) is 21.4 Å². The molecule has 0 unspecified atom stereocenters. The molecule has 0 aliphatic rings. The number of anilines is 1. The van der Waals surface area contributed by atoms with Gasteiger partial charge in [0, 0.05) is 6.54 Å². The van der Waals surface area contributed by atoms with Crippen LogP contribution in [0.25, 0.3) is 0 Å². The van der Waals surface area contributed by atoms with E-state index in [1.54, 1.807) is 31.4 Å². The van der Waals surface area contributed by atoms with E-state index >= 15 is 0 Å². The first-order valence-electron chi connectivity index (χ1n) is 8.67. The van der Waals surface area contributed by atoms with Crippen molar-refractivity contribution in [3.05, 3.63) is 76.1 Å². The minimum atomic E-state index is -3.83. The molecule has 0 saturated carbocycles. The van der Waals surface area contributed by atoms with Crippen molar-refractivity contribution in [2.24, 2.45) is 0 Å². The summed E-state index contributed by atoms with van der Waals surface area (Å²) in [6, 6.07) is 17.0. The first kappa shape index (κ1) is 21.2. The number of ether oxygens (including phenoxy) is 1. The SMILES string of the molecule is COc1ccc(CCNC(=O)c2ccccc2NS(=O)(=O)c2ccc(Cl)s2)cc1. The Morgan fingerprint density at radius 2 is 1.79 bits per heavy atom. The number of hydrogen-bond acceptors (Lipinski definition) is 5. The number of para-hydroxylation sites is 1. The summed E-state index contributed by atoms with van der Waals surface area (Å²) in [7, 11) is -2.22. The first-order chi connectivity index (χ1) is 13.9. The highest BCUT2D eigenvalue weighted by atomic mass is 35.5. The third kappa shape index (κ3) is 5.50. The standard InChI is InChI=1S/C20H19ClN2O4S2/c1-27-15-8-6-14(7-9-15)12-13-22-20(24)16-4-2-3-5-17(16)23-29(25,26)19-11-10-18(21)28-19/h2-11,23H,12-13H2,1H3,(H,22,24). The third-order valence-electron chi connectivity index (χ3n) is 4.09. The number of sulfonamides is 1. The van der Waals surface area contributed by atoms with E-state index in [2.05, 4.69) is 10.0 Å². The lowest BCUT2D eigenvalue weighted by molar-refractivity contribution is 0.0955. The van der Waals surface area contributed by atoms with Gasteiger partial charge in [-0.3, -0.25) is 9.52 Å². The van der Waals surface area contributed by atoms with Crippen molar-refractivity contribution in [2.75, 3.05) is 18.4 Å². The molecule has 9 heteroatoms. The second-order valence-corrected chi connectivity index (χ2v) is 9.69. The monoisotopic (exact) mass is 450 g/mol. The summed E-state index contributed by atoms with van der Waals surface area (Å²) in [5.41, 5.74) is 1.50. The van der Waals surface area contributed by atoms with Crippen LogP contribution in [-0.4, -0.2) is 28.0 Å². The van der Waals surface area contributed by atoms with Crippen LogP contribution in [0.15, 0.2) is 64.9 Å². The molecule has 0 radical (unpaired) electrons. The Balaban J connectivity index is 1.66. The number of hydrogen-bond donors (Lipinski definition) is 2. The Bertz CT molecular complexity index is 1100. The highest BCUT2D eigenvalue weighted by molar-refractivity contribution is 7.94. The number of benzene rings is 2. The fourth-order valence-corrected chi connectivity index (χ4v) is 5.18. The third-order valence-corrected chi connectivity index (χ3v) is 7.18. The van der Waals surface area contributed by atoms with Gasteiger partial charge in [-0.1, -0.05) is 35.9 Å². The van der Waals surface area contributed by atoms with Crippen LogP contribution < -0.4 is 14.8 Å². The van der Waals surface area contributed by atoms with E-state index in [1.165, 1.54) is 12.1 Å². The van der Waals surface area contributed by atoms with Gasteiger partial charge in [0.1, 0.15) is 9.96 Å². The summed E-state index contributed by atoms with van der Waals surface area (Å²) in [5.74, 6) is 0.409. The zero-order chi connectivity index (χ0) is 20.9. The number of carbonyl (C=O) groups is 1. The summed E-state index contributed by atoms with van der Waals surface area (Å²) in [6.07, 6.45) is 0.636. The van der Waals surface area contributed by atoms with Gasteiger partial charge in [-0.15, -0.1) is 11.3 Å². The van der Waals surface area contributed by atoms with E-state index in [1.807, 2.05) is 24.3 Å². The van der Waals surface area contributed by atoms with Crippen LogP contribution in [0, 0.1) is 0 Å². The van der Waals surface area contributed by atoms with E-state index < -0.39 is 10.0 Å². The molecule has 6 nitrogen and oxygen atoms in total. The average molecular weight is 451 g/mol. The molecule has 0 atom stereocenters. The fraction of sp³-hybridized carbons (Fsp3) is 0.150. The minimum Gasteiger partial charge on any atom is -0.497 e. The Kier molecular flexibility index (Phi) is 6.79. The van der Waals surface area contributed by atoms with Gasteiger partial charge in [-0.25, -0.2) is 8.42 Å². The van der Waals surface area contributed by atoms with Gasteiger partial charge < -0.3 is 10.1 Å². The van der Waals surface area contributed by atoms with Gasteiger partial charge >= 0.3 is 0 Å². The molecule has 0 spiro atoms. The van der Waals surface area contributed by atoms with Gasteiger partial charge in [0.15, 0.2) is 0 Å². The predicted octanol–water partition coefficient (Wildman–Crippen LogP) is 4.18. The second kappa shape index (κ2) is 9.30. The first-order valence-corrected chi connectivity index (χ1v) is 11.3. The molecule has 152 valence electrons. The normalized spacial score (nSPS) is 11.1. The van der Waals surface area contributed by atoms with Crippen molar-refractivity contribution >= 4 is 44.6 Å². The topological polar surface area (TPSA) is 84.5 Å². The smallest absolute Gasteiger partial charge is 0.271 e. The lowest BCUT2D eigenvalue weighted by Crippen LogP contribution is -2.27. The van der Waals surface area contributed by atoms with Crippen molar-refractivity contribution in [3.8, 4) is 5.75 Å². The minimum absolute atomic E-state index is 0.0808. The molecule has 3 aromatic rings. The lowest BCUT2D eigenvalue weighted by atomic mass is 10.1. The molecule has 1 amide bonds. The molecule has 0 bridgehead atoms. The van der Waals surface area contributed by atoms with Crippen LogP contribution in [0.5, 0.6) is 5.75 Å². The van der Waals surface area contributed by atoms with E-state index in [0.29, 0.717) is 17.3 Å². The summed E-state index contributed by atoms with van der Waals surface area (Å²) < 4.78 is 33.1. The Morgan fingerprint density at radius 1 is 1.07 bits per heavy atom. The number of amides is 1. The highest BCUT2D eigenvalue weighted by Crippen LogP contribution is 2.28. The van der Waals surface area contributed by atoms with Crippen molar-refractivity contribution in [3.63, 3.8) is 0 Å². The number of thiophene rings is 1. The Hall–Kier alpha value is -2.55. The zero-order valence-corrected chi connectivity index (χ0v) is 17.9. The number of methoxy groups -OCH3 is 1. The summed E-state index contributed by atoms with van der Waals surface area (Å²) >= 11 is 6.78. The van der Waals surface area contributed by atoms with Gasteiger partial charge in [0.2, 0.25) is 0 Å². The highest BCUT2D eigenvalue weighted by Gasteiger charge is 2.20. The van der Waals surface area contributed by atoms with Crippen LogP contribution in [0.1, 0.15) is 15.9 Å². The number of carbonyl (C=O) groups excluding carboxylic acids is 1. The number of halogens is 1. The van der Waals surface area contributed by atoms with Crippen LogP contribution in [0.4, 0.5) is 5.69 Å². The Labute approximate surface area is 178 Å². The van der Waals surface area contributed by atoms with Crippen LogP contribution in [0.3, 0.4) is 0 Å². The van der Waals surface area contributed by atoms with Gasteiger partial charge in [-0.05, 0) is 48.4 Å². The van der Waals surface area contributed by atoms with Crippen LogP contribution in [-0.2, 0) is 16.4 Å². The van der Waals surface area contributed by atoms with E-state index in [4.69, 9.17) is 16.3 Å². The van der Waals surface area contributed by atoms with Crippen LogP contribution in [0.2, 0.25) is 4.34 Å². The molecule has 0 aliphatic carbocycles. The summed E-state index contributed by atoms with van der Waals surface area (Å²) in [5, 5.41) is 2.82. The van der Waals surface area contributed by atoms with Gasteiger partial charge in [0.05, 0.1) is 22.7 Å². The zero-order valence-electron chi connectivity index (χ0n) is 15.5. The molecule has 0 fully saturated rings. The molecule has 3 rings (SSSR count). The predicted molar refractivity (Wildman–Crippen MR) is 116 cm³/mol. The molecular weight excluding hydrogens is 432 g/mol. The van der Waals surface area contributed by atoms with Crippen molar-refractivity contribution in [2.45, 2.75) is 10.6 Å². The molecule has 2 N–H and O–H groups in total. The molecular formula is C20H19ClN2O4S2. The maximum absolute atomic E-state index is 12.6. The van der Waals surface area contributed by atoms with E-state index in [0.717, 1.165) is 22.6 Å². The quantitative estimate of drug-likeness (QED) is 0.539. The average Bonchev–Trinajstić information content (AvgIpc) is 3.16. The van der Waals surface area contributed by atoms with Crippen molar-refractivity contribution in [1.29, 1.82) is 0 Å². The molecule has 0 aliphatic heterocycles. The number of nitrogens with one attached hydrogen (secondary N) is 2. The fourth-order valence-electron chi connectivity index (χ4n) is 2.62. The van der Waals surface area contributed by atoms with Crippen molar-refractivity contribution < 1.29 is 17.9 Å². The molecule has 1 aromatic heterocycles. The largest absolute Gasteiger partial charge is 0.497 e. The lowest BCUT2D eigenvalue weighted by Gasteiger charge is -2.12. The Morgan fingerprint density at radius 3 is 2.45 bits per heavy atom. The molecule has 1 heterocycles. The van der Waals surface area contributed by atoms with Crippen molar-refractivity contribution in [1.82, 2.24) is 5.32 Å². The number of rotatable bonds is 8. The van der Waals surface area contributed by atoms with Gasteiger partial charge in [0.25, 0.3) is 15.9 Å². The molecule has 29 heavy (non-hydrogen) atoms. The van der Waals surface area contributed by atoms with E-state index in [9.17, 15) is 13.2 Å². The van der Waals surface area contributed by atoms with Crippen LogP contribution >= 0.6 is 22.9 Å². The summed E-state index contributed by atoms with van der Waals surface area (Å²) in [6.45, 7) is 0.410. The summed E-state index contributed by atoms with van der Waals surface area (Å²) in [4.78, 5) is 12.6. The molecule has 2 aromatic carbocycles. The maximum atomic E-state index is 12.6. The second-order valence-electron chi connectivity index (χ2n) is 6.06.